The molecule has 0 aliphatic carbocycles. The molecule has 632 valence electrons. The van der Waals surface area contributed by atoms with Crippen LogP contribution in [0.3, 0.4) is 0 Å². The van der Waals surface area contributed by atoms with Crippen LogP contribution in [0.4, 0.5) is 4.79 Å². The molecule has 0 heterocycles. The van der Waals surface area contributed by atoms with Gasteiger partial charge in [-0.25, -0.2) is 31.1 Å². The Morgan fingerprint density at radius 3 is 0.852 bits per heavy atom. The van der Waals surface area contributed by atoms with Gasteiger partial charge >= 0.3 is 77.1 Å². The van der Waals surface area contributed by atoms with Crippen LogP contribution in [0.25, 0.3) is 0 Å². The number of hydrogen-bond donors (Lipinski definition) is 4. The van der Waals surface area contributed by atoms with Crippen molar-refractivity contribution >= 4 is 53.7 Å². The number of carbonyl (C=O) groups excluding carboxylic acids is 3. The third kappa shape index (κ3) is 78.7. The summed E-state index contributed by atoms with van der Waals surface area (Å²) in [6.07, 6.45) is 53.1. The quantitative estimate of drug-likeness (QED) is 0.0190. The van der Waals surface area contributed by atoms with Gasteiger partial charge in [0.2, 0.25) is 20.0 Å². The van der Waals surface area contributed by atoms with E-state index in [4.69, 9.17) is 37.0 Å². The van der Waals surface area contributed by atoms with E-state index in [0.717, 1.165) is 180 Å². The number of phosphoric acid groups is 2. The Kier molecular flexibility index (Phi) is 82.8. The van der Waals surface area contributed by atoms with Gasteiger partial charge in [-0.1, -0.05) is 311 Å². The summed E-state index contributed by atoms with van der Waals surface area (Å²) in [4.78, 5) is 64.9. The Morgan fingerprint density at radius 1 is 0.324 bits per heavy atom. The molecular weight excluding hydrogens is 1480 g/mol. The van der Waals surface area contributed by atoms with E-state index in [1.165, 1.54) is 116 Å². The first-order valence-electron chi connectivity index (χ1n) is 42.9. The molecule has 23 nitrogen and oxygen atoms in total. The number of esters is 2. The first kappa shape index (κ1) is 112. The van der Waals surface area contributed by atoms with Gasteiger partial charge in [0.15, 0.2) is 0 Å². The molecule has 0 bridgehead atoms. The Bertz CT molecular complexity index is 2210. The number of amides is 2. The van der Waals surface area contributed by atoms with Crippen molar-refractivity contribution in [3.63, 3.8) is 0 Å². The van der Waals surface area contributed by atoms with Crippen LogP contribution in [-0.2, 0) is 75.8 Å². The first-order valence-corrected chi connectivity index (χ1v) is 49.1. The summed E-state index contributed by atoms with van der Waals surface area (Å²) in [5.74, 6) is -0.834. The topological polar surface area (TPSA) is 322 Å². The van der Waals surface area contributed by atoms with Crippen molar-refractivity contribution in [1.82, 2.24) is 20.1 Å². The predicted octanol–water partition coefficient (Wildman–Crippen LogP) is 12.9. The third-order valence-electron chi connectivity index (χ3n) is 19.0. The van der Waals surface area contributed by atoms with Gasteiger partial charge < -0.3 is 57.5 Å². The SMILES string of the molecule is CCCCCCCCCCCCS(=O)(=O)N[C@H](COCC[C@@H](CCCCCCC)OC(=O)CCCCCCCCCCC)COP(=O)([O-])OCCNC(=O)NCCOP(=O)([O-])OC[C@@H](COCC[C@@H](CCCCCCC)OC(=O)CCCCCCCCCCC)NS(=O)(=O)CCCCCCCCCCCC.[Na+].[Na+]. The third-order valence-corrected chi connectivity index (χ3v) is 24.0. The number of sulfonamides is 2. The molecule has 2 amide bonds. The van der Waals surface area contributed by atoms with Crippen molar-refractivity contribution in [2.24, 2.45) is 0 Å². The van der Waals surface area contributed by atoms with Crippen molar-refractivity contribution < 1.29 is 146 Å². The molecule has 0 aromatic carbocycles. The first-order chi connectivity index (χ1) is 51.2. The summed E-state index contributed by atoms with van der Waals surface area (Å²) in [5.41, 5.74) is 0. The number of hydrogen-bond acceptors (Lipinski definition) is 19. The Morgan fingerprint density at radius 2 is 0.574 bits per heavy atom. The molecule has 6 atom stereocenters. The average molecular weight is 1640 g/mol. The van der Waals surface area contributed by atoms with Gasteiger partial charge in [0.05, 0.1) is 76.4 Å². The molecular formula is C79H158N4Na2O19P2S2. The molecule has 0 saturated carbocycles. The molecule has 0 rings (SSSR count). The normalized spacial score (nSPS) is 14.1. The van der Waals surface area contributed by atoms with E-state index in [1.807, 2.05) is 0 Å². The van der Waals surface area contributed by atoms with E-state index in [2.05, 4.69) is 61.6 Å². The van der Waals surface area contributed by atoms with E-state index in [1.54, 1.807) is 0 Å². The molecule has 0 aliphatic heterocycles. The van der Waals surface area contributed by atoms with Crippen LogP contribution in [0.1, 0.15) is 388 Å². The van der Waals surface area contributed by atoms with Crippen molar-refractivity contribution in [2.45, 2.75) is 413 Å². The molecule has 0 aromatic heterocycles. The van der Waals surface area contributed by atoms with E-state index < -0.39 is 92.4 Å². The van der Waals surface area contributed by atoms with Gasteiger partial charge in [0.25, 0.3) is 15.6 Å². The van der Waals surface area contributed by atoms with Crippen LogP contribution in [0.5, 0.6) is 0 Å². The Hall–Kier alpha value is 0.170. The molecule has 0 saturated heterocycles. The van der Waals surface area contributed by atoms with Gasteiger partial charge in [0.1, 0.15) is 12.2 Å². The molecule has 0 aliphatic rings. The summed E-state index contributed by atoms with van der Waals surface area (Å²) < 4.78 is 129. The molecule has 108 heavy (non-hydrogen) atoms. The summed E-state index contributed by atoms with van der Waals surface area (Å²) in [5, 5.41) is 4.80. The van der Waals surface area contributed by atoms with Crippen molar-refractivity contribution in [3.05, 3.63) is 0 Å². The predicted molar refractivity (Wildman–Crippen MR) is 427 cm³/mol. The second-order valence-corrected chi connectivity index (χ2v) is 36.0. The van der Waals surface area contributed by atoms with Crippen LogP contribution in [-0.4, -0.2) is 137 Å². The van der Waals surface area contributed by atoms with E-state index in [-0.39, 0.29) is 122 Å². The van der Waals surface area contributed by atoms with Gasteiger partial charge in [-0.15, -0.1) is 0 Å². The van der Waals surface area contributed by atoms with Gasteiger partial charge in [0, 0.05) is 38.8 Å². The number of unbranched alkanes of at least 4 members (excludes halogenated alkanes) is 42. The zero-order valence-electron chi connectivity index (χ0n) is 69.9. The van der Waals surface area contributed by atoms with Crippen LogP contribution in [0.15, 0.2) is 0 Å². The van der Waals surface area contributed by atoms with Crippen molar-refractivity contribution in [1.29, 1.82) is 0 Å². The van der Waals surface area contributed by atoms with E-state index in [9.17, 15) is 50.1 Å². The Labute approximate surface area is 704 Å². The summed E-state index contributed by atoms with van der Waals surface area (Å²) >= 11 is 0. The minimum atomic E-state index is -5.08. The largest absolute Gasteiger partial charge is 1.00 e. The number of carbonyl (C=O) groups is 3. The maximum Gasteiger partial charge on any atom is 1.00 e. The fourth-order valence-electron chi connectivity index (χ4n) is 12.6. The molecule has 29 heteroatoms. The van der Waals surface area contributed by atoms with Gasteiger partial charge in [-0.05, 0) is 51.4 Å². The number of rotatable bonds is 84. The minimum absolute atomic E-state index is 0. The number of nitrogens with one attached hydrogen (secondary N) is 4. The molecule has 0 aromatic rings. The zero-order valence-corrected chi connectivity index (χ0v) is 77.4. The Balaban J connectivity index is -0.0000551. The summed E-state index contributed by atoms with van der Waals surface area (Å²) in [6, 6.07) is -3.08. The summed E-state index contributed by atoms with van der Waals surface area (Å²) in [7, 11) is -18.0. The second kappa shape index (κ2) is 79.6. The van der Waals surface area contributed by atoms with Crippen LogP contribution >= 0.6 is 15.6 Å². The number of urea groups is 1. The molecule has 0 fully saturated rings. The van der Waals surface area contributed by atoms with E-state index >= 15 is 0 Å². The fraction of sp³-hybridized carbons (Fsp3) is 0.962. The fourth-order valence-corrected chi connectivity index (χ4v) is 16.8. The van der Waals surface area contributed by atoms with E-state index in [0.29, 0.717) is 51.4 Å². The minimum Gasteiger partial charge on any atom is -0.756 e. The molecule has 2 unspecified atom stereocenters. The second-order valence-electron chi connectivity index (χ2n) is 29.5. The van der Waals surface area contributed by atoms with Crippen molar-refractivity contribution in [2.75, 3.05) is 77.5 Å². The maximum absolute atomic E-state index is 13.4. The van der Waals surface area contributed by atoms with Crippen LogP contribution < -0.4 is 89.0 Å². The summed E-state index contributed by atoms with van der Waals surface area (Å²) in [6.45, 7) is 9.69. The van der Waals surface area contributed by atoms with Crippen molar-refractivity contribution in [3.8, 4) is 0 Å². The molecule has 0 spiro atoms. The molecule has 4 N–H and O–H groups in total. The smallest absolute Gasteiger partial charge is 0.756 e. The maximum atomic E-state index is 13.4. The number of phosphoric ester groups is 2. The standard InChI is InChI=1S/C79H160N4O19P2S2.2Na/c1-7-13-19-25-29-33-37-41-47-53-67-105(91,92)82-73(69-95-63-59-75(55-49-43-23-17-11-5)101-77(84)57-51-45-39-35-31-27-21-15-9-3)71-99-103(87,88)97-65-61-80-79(86)81-62-66-98-104(89,90)100-72-74(83-106(93,94)68-54-48-42-38-34-30-26-20-14-8-2)70-96-64-60-76(56-50-44-24-18-12-6)102-78(85)58-52-46-40-36-32-28-22-16-10-4;;/h73-76,82-83H,7-72H2,1-6H3,(H,87,88)(H,89,90)(H2,80,81,86);;/q;2*+1/p-2/t73-,74-,75-,76-;;/m1../s1. The average Bonchev–Trinajstić information content (AvgIpc) is 0.874. The monoisotopic (exact) mass is 1640 g/mol. The van der Waals surface area contributed by atoms with Crippen LogP contribution in [0.2, 0.25) is 0 Å². The van der Waals surface area contributed by atoms with Crippen LogP contribution in [0, 0.1) is 0 Å². The number of ether oxygens (including phenoxy) is 4. The zero-order chi connectivity index (χ0) is 78.2. The van der Waals surface area contributed by atoms with Gasteiger partial charge in [-0.3, -0.25) is 18.7 Å². The van der Waals surface area contributed by atoms with Gasteiger partial charge in [-0.2, -0.15) is 0 Å². The molecule has 0 radical (unpaired) electrons.